The smallest absolute Gasteiger partial charge is 0.822 e. The summed E-state index contributed by atoms with van der Waals surface area (Å²) in [4.78, 5) is 25.6. The van der Waals surface area contributed by atoms with Crippen molar-refractivity contribution in [3.63, 3.8) is 0 Å². The first kappa shape index (κ1) is 22.5. The second-order valence-corrected chi connectivity index (χ2v) is 1.34. The molecular formula is KO4PSnV+7. The summed E-state index contributed by atoms with van der Waals surface area (Å²) >= 11 is 0. The summed E-state index contributed by atoms with van der Waals surface area (Å²) in [7, 11) is -5.39. The molecule has 0 spiro atoms. The van der Waals surface area contributed by atoms with Crippen molar-refractivity contribution in [2.24, 2.45) is 0 Å². The van der Waals surface area contributed by atoms with E-state index in [1.54, 1.807) is 0 Å². The fourth-order valence-corrected chi connectivity index (χ4v) is 0. The Morgan fingerprint density at radius 2 is 1.12 bits per heavy atom. The summed E-state index contributed by atoms with van der Waals surface area (Å²) in [6, 6.07) is 0. The molecule has 0 aliphatic rings. The van der Waals surface area contributed by atoms with Gasteiger partial charge in [-0.15, -0.1) is 0 Å². The third kappa shape index (κ3) is 61.6. The second-order valence-electron chi connectivity index (χ2n) is 0.447. The molecule has 0 radical (unpaired) electrons. The predicted molar refractivity (Wildman–Crippen MR) is 13.4 cm³/mol. The van der Waals surface area contributed by atoms with Crippen molar-refractivity contribution in [2.45, 2.75) is 0 Å². The first-order chi connectivity index (χ1) is 2.00. The Kier molecular flexibility index (Phi) is 28.4. The number of phosphoric acid groups is 1. The van der Waals surface area contributed by atoms with E-state index in [1.807, 2.05) is 0 Å². The standard InChI is InChI=1S/K.H3O4P.Sn.V/c;1-5(2,3)4;;/h;(H3,1,2,3,4);;/q+1;;+4;+5/p-3. The zero-order chi connectivity index (χ0) is 4.50. The molecule has 0 aromatic rings. The molecule has 0 N–H and O–H groups in total. The van der Waals surface area contributed by atoms with Crippen LogP contribution in [0.3, 0.4) is 0 Å². The molecule has 0 heterocycles. The van der Waals surface area contributed by atoms with Gasteiger partial charge in [0.15, 0.2) is 0 Å². The molecule has 0 aliphatic heterocycles. The first-order valence-electron chi connectivity index (χ1n) is 0.730. The SMILES string of the molecule is O=P([O-])([O-])[O-].[K+].[Sn+4].[V+5]. The van der Waals surface area contributed by atoms with Crippen LogP contribution in [0.1, 0.15) is 0 Å². The normalized spacial score (nSPS) is 7.38. The number of rotatable bonds is 0. The Morgan fingerprint density at radius 3 is 1.12 bits per heavy atom. The average Bonchev–Trinajstić information content (AvgIpc) is 0.722. The molecule has 4 nitrogen and oxygen atoms in total. The minimum absolute atomic E-state index is 0. The van der Waals surface area contributed by atoms with E-state index >= 15 is 0 Å². The summed E-state index contributed by atoms with van der Waals surface area (Å²) in [6.45, 7) is 0. The van der Waals surface area contributed by atoms with E-state index in [9.17, 15) is 0 Å². The van der Waals surface area contributed by atoms with Crippen LogP contribution in [0, 0.1) is 0 Å². The molecule has 0 fully saturated rings. The Balaban J connectivity index is -0.0000000267. The summed E-state index contributed by atoms with van der Waals surface area (Å²) in [5.74, 6) is 0. The molecule has 0 saturated heterocycles. The molecule has 0 saturated carbocycles. The van der Waals surface area contributed by atoms with Crippen molar-refractivity contribution in [1.82, 2.24) is 0 Å². The van der Waals surface area contributed by atoms with E-state index in [0.717, 1.165) is 0 Å². The average molecular weight is 304 g/mol. The van der Waals surface area contributed by atoms with Gasteiger partial charge in [0.25, 0.3) is 0 Å². The Bertz CT molecular complexity index is 62.2. The van der Waals surface area contributed by atoms with Crippen LogP contribution >= 0.6 is 7.82 Å². The van der Waals surface area contributed by atoms with E-state index in [4.69, 9.17) is 19.2 Å². The summed E-state index contributed by atoms with van der Waals surface area (Å²) in [5.41, 5.74) is 0. The van der Waals surface area contributed by atoms with Gasteiger partial charge in [0.1, 0.15) is 0 Å². The Labute approximate surface area is 118 Å². The van der Waals surface area contributed by atoms with Crippen molar-refractivity contribution in [3.8, 4) is 0 Å². The number of hydrogen-bond donors (Lipinski definition) is 0. The van der Waals surface area contributed by atoms with Gasteiger partial charge < -0.3 is 19.2 Å². The van der Waals surface area contributed by atoms with Crippen LogP contribution in [0.15, 0.2) is 0 Å². The van der Waals surface area contributed by atoms with Crippen LogP contribution in [-0.4, -0.2) is 23.9 Å². The van der Waals surface area contributed by atoms with Crippen LogP contribution in [0.2, 0.25) is 0 Å². The molecule has 0 aliphatic carbocycles. The number of hydrogen-bond acceptors (Lipinski definition) is 4. The molecule has 8 heteroatoms. The van der Waals surface area contributed by atoms with Crippen molar-refractivity contribution in [2.75, 3.05) is 0 Å². The van der Waals surface area contributed by atoms with Gasteiger partial charge in [-0.1, -0.05) is 0 Å². The Hall–Kier alpha value is 3.13. The van der Waals surface area contributed by atoms with Gasteiger partial charge in [-0.05, 0) is 0 Å². The molecule has 0 aromatic carbocycles. The molecule has 32 valence electrons. The second kappa shape index (κ2) is 10.1. The van der Waals surface area contributed by atoms with E-state index in [-0.39, 0.29) is 93.8 Å². The van der Waals surface area contributed by atoms with Gasteiger partial charge in [-0.3, -0.25) is 0 Å². The molecule has 0 amide bonds. The van der Waals surface area contributed by atoms with Gasteiger partial charge in [0, 0.05) is 0 Å². The third-order valence-electron chi connectivity index (χ3n) is 0. The summed E-state index contributed by atoms with van der Waals surface area (Å²) in [6.07, 6.45) is 0. The topological polar surface area (TPSA) is 86.2 Å². The van der Waals surface area contributed by atoms with Crippen LogP contribution in [0.5, 0.6) is 0 Å². The van der Waals surface area contributed by atoms with Crippen molar-refractivity contribution in [1.29, 1.82) is 0 Å². The molecule has 0 atom stereocenters. The molecule has 0 unspecified atom stereocenters. The molecule has 0 rings (SSSR count). The Morgan fingerprint density at radius 1 is 1.12 bits per heavy atom. The molecule has 0 bridgehead atoms. The minimum atomic E-state index is -5.39. The van der Waals surface area contributed by atoms with Gasteiger partial charge >= 0.3 is 93.8 Å². The van der Waals surface area contributed by atoms with Crippen LogP contribution < -0.4 is 66.1 Å². The quantitative estimate of drug-likeness (QED) is 0.329. The molecule has 0 aromatic heterocycles. The van der Waals surface area contributed by atoms with E-state index in [0.29, 0.717) is 0 Å². The zero-order valence-corrected chi connectivity index (χ0v) is 12.3. The van der Waals surface area contributed by atoms with Crippen LogP contribution in [0.4, 0.5) is 0 Å². The predicted octanol–water partition coefficient (Wildman–Crippen LogP) is -6.20. The van der Waals surface area contributed by atoms with Crippen LogP contribution in [-0.2, 0) is 23.1 Å². The van der Waals surface area contributed by atoms with Gasteiger partial charge in [-0.25, -0.2) is 0 Å². The first-order valence-corrected chi connectivity index (χ1v) is 2.19. The maximum Gasteiger partial charge on any atom is 5.00 e. The zero-order valence-electron chi connectivity index (χ0n) is 4.03. The fraction of sp³-hybridized carbons (Fsp3) is 0. The van der Waals surface area contributed by atoms with Gasteiger partial charge in [0.2, 0.25) is 0 Å². The fourth-order valence-electron chi connectivity index (χ4n) is 0. The van der Waals surface area contributed by atoms with E-state index in [1.165, 1.54) is 0 Å². The maximum absolute atomic E-state index is 8.55. The van der Waals surface area contributed by atoms with Gasteiger partial charge in [-0.2, -0.15) is 7.82 Å². The summed E-state index contributed by atoms with van der Waals surface area (Å²) < 4.78 is 8.55. The summed E-state index contributed by atoms with van der Waals surface area (Å²) in [5, 5.41) is 0. The van der Waals surface area contributed by atoms with Crippen molar-refractivity contribution in [3.05, 3.63) is 0 Å². The van der Waals surface area contributed by atoms with Crippen molar-refractivity contribution >= 4 is 31.7 Å². The van der Waals surface area contributed by atoms with E-state index in [2.05, 4.69) is 0 Å². The largest absolute Gasteiger partial charge is 5.00 e. The molecule has 8 heavy (non-hydrogen) atoms. The van der Waals surface area contributed by atoms with Crippen LogP contribution in [0.25, 0.3) is 0 Å². The van der Waals surface area contributed by atoms with E-state index < -0.39 is 7.82 Å². The van der Waals surface area contributed by atoms with Gasteiger partial charge in [0.05, 0.1) is 0 Å². The molecular weight excluding hydrogens is 304 g/mol. The third-order valence-corrected chi connectivity index (χ3v) is 0. The van der Waals surface area contributed by atoms with Crippen molar-refractivity contribution < 1.29 is 89.2 Å². The maximum atomic E-state index is 8.55. The monoisotopic (exact) mass is 305 g/mol. The minimum Gasteiger partial charge on any atom is -0.822 e.